The van der Waals surface area contributed by atoms with Gasteiger partial charge < -0.3 is 4.90 Å². The maximum absolute atomic E-state index is 6.10. The molecule has 0 amide bonds. The summed E-state index contributed by atoms with van der Waals surface area (Å²) in [6, 6.07) is 7.07. The Balaban J connectivity index is 2.08. The van der Waals surface area contributed by atoms with Crippen molar-refractivity contribution in [3.63, 3.8) is 0 Å². The van der Waals surface area contributed by atoms with E-state index in [9.17, 15) is 0 Å². The van der Waals surface area contributed by atoms with Gasteiger partial charge >= 0.3 is 0 Å². The largest absolute Gasteiger partial charge is 0.305 e. The zero-order chi connectivity index (χ0) is 12.0. The molecule has 0 N–H and O–H groups in total. The number of nitrogens with zero attached hydrogens (tertiary/aromatic N) is 1. The molecule has 2 heteroatoms. The molecule has 1 nitrogen and oxygen atoms in total. The van der Waals surface area contributed by atoms with Gasteiger partial charge in [0, 0.05) is 17.0 Å². The molecule has 0 unspecified atom stereocenters. The lowest BCUT2D eigenvalue weighted by Crippen LogP contribution is -2.45. The fourth-order valence-corrected chi connectivity index (χ4v) is 3.76. The Morgan fingerprint density at radius 1 is 1.29 bits per heavy atom. The molecule has 3 atom stereocenters. The normalized spacial score (nSPS) is 30.5. The lowest BCUT2D eigenvalue weighted by atomic mass is 9.68. The standard InChI is InChI=1S/C15H18ClN/c1-17(2)15-10-4-3-5-14(15)13-7-6-12(16)9-11(13)8-10/h3-4,6-7,9-10,14-15H,5,8H2,1-2H3/t10-,14+,15+/m0/s1. The highest BCUT2D eigenvalue weighted by molar-refractivity contribution is 6.30. The van der Waals surface area contributed by atoms with E-state index in [0.29, 0.717) is 17.9 Å². The lowest BCUT2D eigenvalue weighted by Gasteiger charge is -2.44. The van der Waals surface area contributed by atoms with Crippen LogP contribution in [0.2, 0.25) is 5.02 Å². The maximum Gasteiger partial charge on any atom is 0.0408 e. The molecule has 90 valence electrons. The molecular weight excluding hydrogens is 230 g/mol. The lowest BCUT2D eigenvalue weighted by molar-refractivity contribution is 0.180. The Morgan fingerprint density at radius 2 is 2.12 bits per heavy atom. The molecule has 2 aliphatic rings. The predicted molar refractivity (Wildman–Crippen MR) is 72.6 cm³/mol. The summed E-state index contributed by atoms with van der Waals surface area (Å²) in [5, 5.41) is 0.870. The van der Waals surface area contributed by atoms with Crippen LogP contribution < -0.4 is 0 Å². The summed E-state index contributed by atoms with van der Waals surface area (Å²) in [6.45, 7) is 0. The summed E-state index contributed by atoms with van der Waals surface area (Å²) < 4.78 is 0. The molecular formula is C15H18ClN. The van der Waals surface area contributed by atoms with E-state index >= 15 is 0 Å². The van der Waals surface area contributed by atoms with Crippen molar-refractivity contribution in [3.8, 4) is 0 Å². The first kappa shape index (κ1) is 11.3. The highest BCUT2D eigenvalue weighted by Crippen LogP contribution is 2.43. The number of fused-ring (bicyclic) bond motifs is 4. The van der Waals surface area contributed by atoms with Crippen molar-refractivity contribution in [2.24, 2.45) is 5.92 Å². The van der Waals surface area contributed by atoms with Gasteiger partial charge in [0.2, 0.25) is 0 Å². The summed E-state index contributed by atoms with van der Waals surface area (Å²) in [5.41, 5.74) is 2.96. The van der Waals surface area contributed by atoms with Gasteiger partial charge in [-0.1, -0.05) is 29.8 Å². The van der Waals surface area contributed by atoms with E-state index in [-0.39, 0.29) is 0 Å². The van der Waals surface area contributed by atoms with Crippen molar-refractivity contribution in [2.45, 2.75) is 24.8 Å². The summed E-state index contributed by atoms with van der Waals surface area (Å²) in [6.07, 6.45) is 7.04. The number of hydrogen-bond donors (Lipinski definition) is 0. The van der Waals surface area contributed by atoms with Crippen LogP contribution in [0.15, 0.2) is 30.4 Å². The summed E-state index contributed by atoms with van der Waals surface area (Å²) in [7, 11) is 4.40. The van der Waals surface area contributed by atoms with E-state index in [1.165, 1.54) is 11.1 Å². The van der Waals surface area contributed by atoms with Crippen LogP contribution in [0.4, 0.5) is 0 Å². The number of benzene rings is 1. The number of halogens is 1. The smallest absolute Gasteiger partial charge is 0.0408 e. The van der Waals surface area contributed by atoms with Crippen LogP contribution in [0.1, 0.15) is 23.5 Å². The van der Waals surface area contributed by atoms with Gasteiger partial charge in [0.25, 0.3) is 0 Å². The molecule has 0 radical (unpaired) electrons. The second-order valence-corrected chi connectivity index (χ2v) is 5.87. The van der Waals surface area contributed by atoms with Crippen LogP contribution in [0.25, 0.3) is 0 Å². The number of rotatable bonds is 1. The minimum atomic E-state index is 0.640. The number of hydrogen-bond acceptors (Lipinski definition) is 1. The molecule has 1 aromatic rings. The fourth-order valence-electron chi connectivity index (χ4n) is 3.56. The van der Waals surface area contributed by atoms with Crippen molar-refractivity contribution < 1.29 is 0 Å². The average Bonchev–Trinajstić information content (AvgIpc) is 2.27. The van der Waals surface area contributed by atoms with Crippen molar-refractivity contribution in [1.82, 2.24) is 4.90 Å². The summed E-state index contributed by atoms with van der Waals surface area (Å²) >= 11 is 6.10. The SMILES string of the molecule is CN(C)[C@H]1[C@@H]2CC=C[C@H]1Cc1cc(Cl)ccc12. The quantitative estimate of drug-likeness (QED) is 0.687. The topological polar surface area (TPSA) is 3.24 Å². The molecule has 1 aromatic carbocycles. The van der Waals surface area contributed by atoms with Gasteiger partial charge in [0.05, 0.1) is 0 Å². The third-order valence-electron chi connectivity index (χ3n) is 4.18. The Kier molecular flexibility index (Phi) is 2.76. The van der Waals surface area contributed by atoms with Gasteiger partial charge in [-0.15, -0.1) is 0 Å². The molecule has 0 saturated carbocycles. The van der Waals surface area contributed by atoms with Gasteiger partial charge in [-0.3, -0.25) is 0 Å². The van der Waals surface area contributed by atoms with Crippen molar-refractivity contribution in [2.75, 3.05) is 14.1 Å². The average molecular weight is 248 g/mol. The Hall–Kier alpha value is -0.790. The van der Waals surface area contributed by atoms with Crippen LogP contribution in [0.3, 0.4) is 0 Å². The van der Waals surface area contributed by atoms with Crippen molar-refractivity contribution >= 4 is 11.6 Å². The van der Waals surface area contributed by atoms with Crippen LogP contribution in [0.5, 0.6) is 0 Å². The predicted octanol–water partition coefficient (Wildman–Crippen LogP) is 3.49. The van der Waals surface area contributed by atoms with E-state index in [1.807, 2.05) is 6.07 Å². The van der Waals surface area contributed by atoms with E-state index < -0.39 is 0 Å². The van der Waals surface area contributed by atoms with Gasteiger partial charge in [0.1, 0.15) is 0 Å². The van der Waals surface area contributed by atoms with Crippen LogP contribution in [-0.2, 0) is 6.42 Å². The molecule has 2 aliphatic carbocycles. The zero-order valence-electron chi connectivity index (χ0n) is 10.4. The Labute approximate surface area is 108 Å². The van der Waals surface area contributed by atoms with Gasteiger partial charge in [-0.2, -0.15) is 0 Å². The summed E-state index contributed by atoms with van der Waals surface area (Å²) in [5.74, 6) is 1.29. The Bertz CT molecular complexity index is 464. The maximum atomic E-state index is 6.10. The van der Waals surface area contributed by atoms with Crippen LogP contribution in [0, 0.1) is 5.92 Å². The van der Waals surface area contributed by atoms with Crippen molar-refractivity contribution in [3.05, 3.63) is 46.5 Å². The van der Waals surface area contributed by atoms with Gasteiger partial charge in [0.15, 0.2) is 0 Å². The van der Waals surface area contributed by atoms with E-state index in [0.717, 1.165) is 17.9 Å². The van der Waals surface area contributed by atoms with E-state index in [1.54, 1.807) is 0 Å². The molecule has 0 spiro atoms. The minimum absolute atomic E-state index is 0.640. The highest BCUT2D eigenvalue weighted by Gasteiger charge is 2.38. The van der Waals surface area contributed by atoms with Gasteiger partial charge in [-0.05, 0) is 56.1 Å². The van der Waals surface area contributed by atoms with Gasteiger partial charge in [-0.25, -0.2) is 0 Å². The monoisotopic (exact) mass is 247 g/mol. The zero-order valence-corrected chi connectivity index (χ0v) is 11.1. The van der Waals surface area contributed by atoms with Crippen LogP contribution in [-0.4, -0.2) is 25.0 Å². The first-order valence-corrected chi connectivity index (χ1v) is 6.66. The molecule has 0 saturated heterocycles. The van der Waals surface area contributed by atoms with Crippen LogP contribution >= 0.6 is 11.6 Å². The fraction of sp³-hybridized carbons (Fsp3) is 0.467. The molecule has 0 aliphatic heterocycles. The first-order valence-electron chi connectivity index (χ1n) is 6.28. The minimum Gasteiger partial charge on any atom is -0.305 e. The third kappa shape index (κ3) is 1.82. The number of likely N-dealkylation sites (N-methyl/N-ethyl adjacent to an activating group) is 1. The molecule has 17 heavy (non-hydrogen) atoms. The van der Waals surface area contributed by atoms with Crippen molar-refractivity contribution in [1.29, 1.82) is 0 Å². The molecule has 2 bridgehead atoms. The third-order valence-corrected chi connectivity index (χ3v) is 4.42. The second-order valence-electron chi connectivity index (χ2n) is 5.44. The molecule has 0 aromatic heterocycles. The van der Waals surface area contributed by atoms with E-state index in [4.69, 9.17) is 11.6 Å². The molecule has 0 heterocycles. The Morgan fingerprint density at radius 3 is 2.88 bits per heavy atom. The van der Waals surface area contributed by atoms with E-state index in [2.05, 4.69) is 43.3 Å². The second kappa shape index (κ2) is 4.15. The first-order chi connectivity index (χ1) is 8.16. The highest BCUT2D eigenvalue weighted by atomic mass is 35.5. The summed E-state index contributed by atoms with van der Waals surface area (Å²) in [4.78, 5) is 2.39. The number of allylic oxidation sites excluding steroid dienone is 1. The molecule has 3 rings (SSSR count). The molecule has 0 fully saturated rings.